The fourth-order valence-corrected chi connectivity index (χ4v) is 4.22. The minimum Gasteiger partial charge on any atom is -0.390 e. The lowest BCUT2D eigenvalue weighted by Gasteiger charge is -2.44. The van der Waals surface area contributed by atoms with Gasteiger partial charge in [-0.25, -0.2) is 0 Å². The number of piperidine rings is 1. The second-order valence-electron chi connectivity index (χ2n) is 8.41. The molecule has 140 valence electrons. The third kappa shape index (κ3) is 5.27. The molecule has 0 spiro atoms. The fourth-order valence-electron chi connectivity index (χ4n) is 4.22. The average molecular weight is 346 g/mol. The number of hydrogen-bond acceptors (Lipinski definition) is 4. The summed E-state index contributed by atoms with van der Waals surface area (Å²) in [5.41, 5.74) is 2.78. The van der Waals surface area contributed by atoms with E-state index >= 15 is 0 Å². The molecule has 2 aliphatic rings. The number of nitrogens with zero attached hydrogens (tertiary/aromatic N) is 3. The van der Waals surface area contributed by atoms with Crippen molar-refractivity contribution < 1.29 is 5.11 Å². The molecule has 0 saturated carbocycles. The van der Waals surface area contributed by atoms with Gasteiger partial charge in [0.05, 0.1) is 6.10 Å². The smallest absolute Gasteiger partial charge is 0.0822 e. The monoisotopic (exact) mass is 345 g/mol. The molecule has 1 aromatic carbocycles. The Morgan fingerprint density at radius 1 is 1.00 bits per heavy atom. The van der Waals surface area contributed by atoms with E-state index in [9.17, 15) is 5.11 Å². The van der Waals surface area contributed by atoms with Crippen LogP contribution in [0.25, 0.3) is 0 Å². The summed E-state index contributed by atoms with van der Waals surface area (Å²) in [6.07, 6.45) is 2.00. The van der Waals surface area contributed by atoms with Crippen molar-refractivity contribution >= 4 is 0 Å². The van der Waals surface area contributed by atoms with Crippen molar-refractivity contribution in [3.8, 4) is 0 Å². The molecule has 25 heavy (non-hydrogen) atoms. The van der Waals surface area contributed by atoms with Gasteiger partial charge in [0.2, 0.25) is 0 Å². The van der Waals surface area contributed by atoms with Crippen LogP contribution in [0.3, 0.4) is 0 Å². The van der Waals surface area contributed by atoms with Crippen molar-refractivity contribution in [3.05, 3.63) is 35.4 Å². The molecule has 2 aliphatic heterocycles. The van der Waals surface area contributed by atoms with E-state index in [-0.39, 0.29) is 6.10 Å². The lowest BCUT2D eigenvalue weighted by atomic mass is 9.98. The summed E-state index contributed by atoms with van der Waals surface area (Å²) in [4.78, 5) is 7.29. The summed E-state index contributed by atoms with van der Waals surface area (Å²) in [6, 6.07) is 9.40. The van der Waals surface area contributed by atoms with Crippen LogP contribution in [0.1, 0.15) is 31.4 Å². The molecule has 0 aromatic heterocycles. The maximum Gasteiger partial charge on any atom is 0.0822 e. The Labute approximate surface area is 153 Å². The normalized spacial score (nSPS) is 27.1. The van der Waals surface area contributed by atoms with Gasteiger partial charge < -0.3 is 10.0 Å². The van der Waals surface area contributed by atoms with Crippen molar-refractivity contribution in [2.75, 3.05) is 46.3 Å². The van der Waals surface area contributed by atoms with Gasteiger partial charge in [-0.1, -0.05) is 38.1 Å². The Kier molecular flexibility index (Phi) is 6.50. The highest BCUT2D eigenvalue weighted by molar-refractivity contribution is 5.23. The molecule has 0 aliphatic carbocycles. The molecular weight excluding hydrogens is 310 g/mol. The van der Waals surface area contributed by atoms with Gasteiger partial charge in [-0.3, -0.25) is 9.80 Å². The van der Waals surface area contributed by atoms with Gasteiger partial charge in [0.1, 0.15) is 0 Å². The topological polar surface area (TPSA) is 30.0 Å². The van der Waals surface area contributed by atoms with Crippen LogP contribution < -0.4 is 0 Å². The summed E-state index contributed by atoms with van der Waals surface area (Å²) in [7, 11) is 2.18. The summed E-state index contributed by atoms with van der Waals surface area (Å²) >= 11 is 0. The molecule has 2 fully saturated rings. The summed E-state index contributed by atoms with van der Waals surface area (Å²) in [6.45, 7) is 11.8. The largest absolute Gasteiger partial charge is 0.390 e. The number of rotatable bonds is 5. The first-order valence-electron chi connectivity index (χ1n) is 9.92. The van der Waals surface area contributed by atoms with Gasteiger partial charge in [0.25, 0.3) is 0 Å². The molecule has 0 amide bonds. The van der Waals surface area contributed by atoms with E-state index in [1.165, 1.54) is 11.1 Å². The van der Waals surface area contributed by atoms with Gasteiger partial charge in [-0.05, 0) is 36.9 Å². The average Bonchev–Trinajstić information content (AvgIpc) is 2.57. The Morgan fingerprint density at radius 2 is 1.64 bits per heavy atom. The molecule has 2 atom stereocenters. The minimum absolute atomic E-state index is 0.225. The molecule has 2 heterocycles. The predicted molar refractivity (Wildman–Crippen MR) is 104 cm³/mol. The number of aliphatic hydroxyl groups is 1. The first-order chi connectivity index (χ1) is 12.0. The summed E-state index contributed by atoms with van der Waals surface area (Å²) < 4.78 is 0. The first kappa shape index (κ1) is 18.8. The van der Waals surface area contributed by atoms with Crippen molar-refractivity contribution in [2.45, 2.75) is 45.4 Å². The van der Waals surface area contributed by atoms with Crippen LogP contribution in [0.15, 0.2) is 24.3 Å². The van der Waals surface area contributed by atoms with Gasteiger partial charge >= 0.3 is 0 Å². The van der Waals surface area contributed by atoms with Gasteiger partial charge in [-0.15, -0.1) is 0 Å². The highest BCUT2D eigenvalue weighted by atomic mass is 16.3. The maximum absolute atomic E-state index is 10.7. The zero-order chi connectivity index (χ0) is 17.8. The number of aliphatic hydroxyl groups excluding tert-OH is 1. The van der Waals surface area contributed by atoms with E-state index in [1.54, 1.807) is 0 Å². The number of benzene rings is 1. The number of likely N-dealkylation sites (N-methyl/N-ethyl adjacent to an activating group) is 1. The predicted octanol–water partition coefficient (Wildman–Crippen LogP) is 2.07. The molecule has 1 aromatic rings. The van der Waals surface area contributed by atoms with Crippen LogP contribution in [-0.2, 0) is 13.0 Å². The third-order valence-electron chi connectivity index (χ3n) is 5.71. The summed E-state index contributed by atoms with van der Waals surface area (Å²) in [5.74, 6) is 0.703. The molecule has 4 nitrogen and oxygen atoms in total. The number of likely N-dealkylation sites (tertiary alicyclic amines) is 1. The van der Waals surface area contributed by atoms with Crippen LogP contribution in [0, 0.1) is 5.92 Å². The third-order valence-corrected chi connectivity index (χ3v) is 5.71. The van der Waals surface area contributed by atoms with Crippen LogP contribution in [0.2, 0.25) is 0 Å². The Hall–Kier alpha value is -0.940. The number of hydrogen-bond donors (Lipinski definition) is 1. The first-order valence-corrected chi connectivity index (χ1v) is 9.92. The Morgan fingerprint density at radius 3 is 2.24 bits per heavy atom. The molecule has 0 bridgehead atoms. The van der Waals surface area contributed by atoms with E-state index in [0.29, 0.717) is 12.0 Å². The SMILES string of the molecule is CC(C)Cc1ccc(CN2CC[C@@H](N3CCN(C)CC3)[C@H](O)C2)cc1. The van der Waals surface area contributed by atoms with Gasteiger partial charge in [0.15, 0.2) is 0 Å². The van der Waals surface area contributed by atoms with Crippen LogP contribution in [0.4, 0.5) is 0 Å². The van der Waals surface area contributed by atoms with Crippen molar-refractivity contribution in [1.82, 2.24) is 14.7 Å². The van der Waals surface area contributed by atoms with Crippen molar-refractivity contribution in [3.63, 3.8) is 0 Å². The molecule has 0 unspecified atom stereocenters. The molecular formula is C21H35N3O. The standard InChI is InChI=1S/C21H35N3O/c1-17(2)14-18-4-6-19(7-5-18)15-23-9-8-20(21(25)16-23)24-12-10-22(3)11-13-24/h4-7,17,20-21,25H,8-16H2,1-3H3/t20-,21-/m1/s1. The van der Waals surface area contributed by atoms with Crippen LogP contribution in [-0.4, -0.2) is 78.3 Å². The van der Waals surface area contributed by atoms with E-state index < -0.39 is 0 Å². The van der Waals surface area contributed by atoms with E-state index in [1.807, 2.05) is 0 Å². The van der Waals surface area contributed by atoms with Crippen molar-refractivity contribution in [1.29, 1.82) is 0 Å². The highest BCUT2D eigenvalue weighted by Crippen LogP contribution is 2.20. The molecule has 2 saturated heterocycles. The number of piperazine rings is 1. The van der Waals surface area contributed by atoms with E-state index in [0.717, 1.165) is 58.7 Å². The molecule has 0 radical (unpaired) electrons. The maximum atomic E-state index is 10.7. The molecule has 4 heteroatoms. The zero-order valence-corrected chi connectivity index (χ0v) is 16.2. The molecule has 1 N–H and O–H groups in total. The zero-order valence-electron chi connectivity index (χ0n) is 16.2. The van der Waals surface area contributed by atoms with E-state index in [4.69, 9.17) is 0 Å². The second kappa shape index (κ2) is 8.63. The second-order valence-corrected chi connectivity index (χ2v) is 8.41. The lowest BCUT2D eigenvalue weighted by molar-refractivity contribution is -0.0286. The summed E-state index contributed by atoms with van der Waals surface area (Å²) in [5, 5.41) is 10.7. The molecule has 3 rings (SSSR count). The van der Waals surface area contributed by atoms with Gasteiger partial charge in [-0.2, -0.15) is 0 Å². The van der Waals surface area contributed by atoms with E-state index in [2.05, 4.69) is 59.9 Å². The Balaban J connectivity index is 1.49. The fraction of sp³-hybridized carbons (Fsp3) is 0.714. The lowest BCUT2D eigenvalue weighted by Crippen LogP contribution is -2.58. The number of β-amino-alcohol motifs (C(OH)–C–C–N with tert-alkyl or cyclic N) is 1. The van der Waals surface area contributed by atoms with Gasteiger partial charge in [0, 0.05) is 51.9 Å². The Bertz CT molecular complexity index is 522. The van der Waals surface area contributed by atoms with Crippen molar-refractivity contribution in [2.24, 2.45) is 5.92 Å². The van der Waals surface area contributed by atoms with Crippen LogP contribution >= 0.6 is 0 Å². The minimum atomic E-state index is -0.225. The highest BCUT2D eigenvalue weighted by Gasteiger charge is 2.33. The quantitative estimate of drug-likeness (QED) is 0.885. The van der Waals surface area contributed by atoms with Crippen LogP contribution in [0.5, 0.6) is 0 Å².